The van der Waals surface area contributed by atoms with Gasteiger partial charge in [-0.25, -0.2) is 14.7 Å². The number of nitrogens with zero attached hydrogens (tertiary/aromatic N) is 3. The summed E-state index contributed by atoms with van der Waals surface area (Å²) >= 11 is 12.9. The molecule has 0 aliphatic heterocycles. The van der Waals surface area contributed by atoms with E-state index in [1.807, 2.05) is 0 Å². The van der Waals surface area contributed by atoms with E-state index in [2.05, 4.69) is 66.8 Å². The summed E-state index contributed by atoms with van der Waals surface area (Å²) in [5.41, 5.74) is 0. The Hall–Kier alpha value is -0.535. The van der Waals surface area contributed by atoms with Crippen LogP contribution in [0, 0.1) is 0 Å². The molecule has 3 nitrogen and oxygen atoms in total. The fourth-order valence-electron chi connectivity index (χ4n) is 0.228. The van der Waals surface area contributed by atoms with Crippen molar-refractivity contribution in [2.75, 3.05) is 0 Å². The van der Waals surface area contributed by atoms with Crippen LogP contribution >= 0.6 is 36.7 Å². The first-order valence-electron chi connectivity index (χ1n) is 2.06. The quantitative estimate of drug-likeness (QED) is 0.377. The van der Waals surface area contributed by atoms with Crippen molar-refractivity contribution >= 4 is 59.3 Å². The molecule has 0 N–H and O–H groups in total. The zero-order valence-electron chi connectivity index (χ0n) is 4.64. The summed E-state index contributed by atoms with van der Waals surface area (Å²) in [4.78, 5) is 10.4. The summed E-state index contributed by atoms with van der Waals surface area (Å²) in [7, 11) is -0.743. The Morgan fingerprint density at radius 1 is 0.800 bits per heavy atom. The lowest BCUT2D eigenvalue weighted by molar-refractivity contribution is 1.56. The van der Waals surface area contributed by atoms with E-state index in [-0.39, 0.29) is 0 Å². The molecule has 0 fully saturated rings. The molecule has 48 valence electrons. The summed E-state index contributed by atoms with van der Waals surface area (Å²) in [6.45, 7) is 0. The molecule has 7 heteroatoms. The van der Waals surface area contributed by atoms with E-state index < -0.39 is 7.12 Å². The van der Waals surface area contributed by atoms with E-state index in [0.717, 1.165) is 0 Å². The lowest BCUT2D eigenvalue weighted by Gasteiger charge is -1.81. The third kappa shape index (κ3) is 4.35. The van der Waals surface area contributed by atoms with Crippen LogP contribution in [0.4, 0.5) is 0 Å². The van der Waals surface area contributed by atoms with Gasteiger partial charge in [0.1, 0.15) is 0 Å². The molecule has 0 rings (SSSR count). The lowest BCUT2D eigenvalue weighted by atomic mass is 10.0. The second-order valence-electron chi connectivity index (χ2n) is 1.01. The molecular formula is C3BN3S3. The Labute approximate surface area is 74.1 Å². The summed E-state index contributed by atoms with van der Waals surface area (Å²) in [6, 6.07) is 0. The van der Waals surface area contributed by atoms with Crippen molar-refractivity contribution in [2.24, 2.45) is 14.7 Å². The standard InChI is InChI=1S/C3BN3S3/c8-1-5-4(6-2-9)7-3-10. The molecule has 0 saturated heterocycles. The highest BCUT2D eigenvalue weighted by Crippen LogP contribution is 1.84. The van der Waals surface area contributed by atoms with Crippen LogP contribution in [0.2, 0.25) is 0 Å². The molecule has 0 aromatic carbocycles. The van der Waals surface area contributed by atoms with Crippen LogP contribution < -0.4 is 0 Å². The monoisotopic (exact) mass is 185 g/mol. The Bertz CT molecular complexity index is 203. The largest absolute Gasteiger partial charge is 0.588 e. The van der Waals surface area contributed by atoms with Crippen molar-refractivity contribution in [3.63, 3.8) is 0 Å². The van der Waals surface area contributed by atoms with Gasteiger partial charge in [-0.3, -0.25) is 0 Å². The second kappa shape index (κ2) is 6.58. The first-order valence-corrected chi connectivity index (χ1v) is 3.28. The number of hydrogen-bond donors (Lipinski definition) is 0. The predicted molar refractivity (Wildman–Crippen MR) is 50.8 cm³/mol. The fourth-order valence-corrected chi connectivity index (χ4v) is 0.511. The first kappa shape index (κ1) is 9.46. The first-order chi connectivity index (χ1) is 4.85. The topological polar surface area (TPSA) is 37.1 Å². The molecule has 0 unspecified atom stereocenters. The highest BCUT2D eigenvalue weighted by Gasteiger charge is 2.07. The van der Waals surface area contributed by atoms with Gasteiger partial charge in [-0.05, 0) is 36.7 Å². The summed E-state index contributed by atoms with van der Waals surface area (Å²) in [5, 5.41) is 6.26. The van der Waals surface area contributed by atoms with Gasteiger partial charge in [-0.2, -0.15) is 0 Å². The second-order valence-corrected chi connectivity index (χ2v) is 1.56. The average molecular weight is 185 g/mol. The zero-order valence-corrected chi connectivity index (χ0v) is 7.09. The van der Waals surface area contributed by atoms with E-state index in [9.17, 15) is 0 Å². The molecule has 0 radical (unpaired) electrons. The van der Waals surface area contributed by atoms with E-state index in [0.29, 0.717) is 0 Å². The maximum Gasteiger partial charge on any atom is 0.588 e. The van der Waals surface area contributed by atoms with Crippen molar-refractivity contribution in [3.8, 4) is 0 Å². The molecule has 0 aromatic rings. The van der Waals surface area contributed by atoms with Crippen molar-refractivity contribution < 1.29 is 0 Å². The van der Waals surface area contributed by atoms with Crippen molar-refractivity contribution in [2.45, 2.75) is 0 Å². The highest BCUT2D eigenvalue weighted by atomic mass is 32.1. The lowest BCUT2D eigenvalue weighted by Crippen LogP contribution is -2.00. The summed E-state index contributed by atoms with van der Waals surface area (Å²) in [6.07, 6.45) is 0. The van der Waals surface area contributed by atoms with Crippen molar-refractivity contribution in [1.82, 2.24) is 0 Å². The van der Waals surface area contributed by atoms with Gasteiger partial charge >= 0.3 is 7.12 Å². The van der Waals surface area contributed by atoms with Gasteiger partial charge < -0.3 is 0 Å². The summed E-state index contributed by atoms with van der Waals surface area (Å²) in [5.74, 6) is 0. The minimum absolute atomic E-state index is 0.743. The van der Waals surface area contributed by atoms with Gasteiger partial charge in [-0.15, -0.1) is 0 Å². The highest BCUT2D eigenvalue weighted by molar-refractivity contribution is 7.78. The van der Waals surface area contributed by atoms with Gasteiger partial charge in [0.15, 0.2) is 0 Å². The molecule has 0 saturated carbocycles. The molecule has 0 aliphatic carbocycles. The smallest absolute Gasteiger partial charge is 0.236 e. The molecule has 0 bridgehead atoms. The number of isothiocyanates is 3. The van der Waals surface area contributed by atoms with Gasteiger partial charge in [0.2, 0.25) is 0 Å². The van der Waals surface area contributed by atoms with Crippen LogP contribution in [0.5, 0.6) is 0 Å². The molecular weight excluding hydrogens is 185 g/mol. The molecule has 0 aliphatic rings. The fraction of sp³-hybridized carbons (Fsp3) is 0. The van der Waals surface area contributed by atoms with Gasteiger partial charge in [0.25, 0.3) is 0 Å². The zero-order chi connectivity index (χ0) is 7.82. The van der Waals surface area contributed by atoms with E-state index in [1.54, 1.807) is 0 Å². The number of thiocarbonyl (C=S) groups is 3. The minimum atomic E-state index is -0.743. The van der Waals surface area contributed by atoms with Crippen molar-refractivity contribution in [1.29, 1.82) is 0 Å². The van der Waals surface area contributed by atoms with Crippen LogP contribution in [0.1, 0.15) is 0 Å². The van der Waals surface area contributed by atoms with Crippen LogP contribution in [-0.2, 0) is 0 Å². The maximum absolute atomic E-state index is 4.30. The van der Waals surface area contributed by atoms with E-state index >= 15 is 0 Å². The number of rotatable bonds is 3. The molecule has 0 atom stereocenters. The number of hydrogen-bond acceptors (Lipinski definition) is 6. The molecule has 10 heavy (non-hydrogen) atoms. The van der Waals surface area contributed by atoms with Crippen molar-refractivity contribution in [3.05, 3.63) is 0 Å². The van der Waals surface area contributed by atoms with E-state index in [4.69, 9.17) is 0 Å². The summed E-state index contributed by atoms with van der Waals surface area (Å²) < 4.78 is 0. The SMILES string of the molecule is S=C=NB(N=C=S)N=C=S. The third-order valence-electron chi connectivity index (χ3n) is 0.505. The molecule has 0 heterocycles. The Morgan fingerprint density at radius 2 is 1.10 bits per heavy atom. The third-order valence-corrected chi connectivity index (χ3v) is 0.821. The average Bonchev–Trinajstić information content (AvgIpc) is 1.90. The van der Waals surface area contributed by atoms with Crippen LogP contribution in [0.15, 0.2) is 14.7 Å². The Morgan fingerprint density at radius 3 is 1.30 bits per heavy atom. The van der Waals surface area contributed by atoms with Gasteiger partial charge in [0.05, 0.1) is 0 Å². The van der Waals surface area contributed by atoms with Crippen LogP contribution in [0.3, 0.4) is 0 Å². The maximum atomic E-state index is 4.30. The van der Waals surface area contributed by atoms with Crippen LogP contribution in [0.25, 0.3) is 0 Å². The minimum Gasteiger partial charge on any atom is -0.236 e. The Kier molecular flexibility index (Phi) is 6.23. The molecule has 0 amide bonds. The Balaban J connectivity index is 4.39. The predicted octanol–water partition coefficient (Wildman–Crippen LogP) is 1.28. The van der Waals surface area contributed by atoms with Gasteiger partial charge in [-0.1, -0.05) is 0 Å². The molecule has 0 aromatic heterocycles. The normalized spacial score (nSPS) is 6.00. The van der Waals surface area contributed by atoms with E-state index in [1.165, 1.54) is 0 Å². The van der Waals surface area contributed by atoms with Crippen LogP contribution in [-0.4, -0.2) is 22.6 Å². The van der Waals surface area contributed by atoms with Gasteiger partial charge in [0, 0.05) is 15.5 Å². The molecule has 0 spiro atoms.